The number of benzene rings is 2. The second-order valence-electron chi connectivity index (χ2n) is 9.34. The summed E-state index contributed by atoms with van der Waals surface area (Å²) in [4.78, 5) is 17.8. The highest BCUT2D eigenvalue weighted by atomic mass is 32.2. The van der Waals surface area contributed by atoms with E-state index in [0.717, 1.165) is 48.1 Å². The molecule has 1 aliphatic rings. The van der Waals surface area contributed by atoms with Crippen LogP contribution in [0, 0.1) is 6.92 Å². The lowest BCUT2D eigenvalue weighted by Gasteiger charge is -2.33. The number of rotatable bonds is 10. The zero-order chi connectivity index (χ0) is 25.4. The van der Waals surface area contributed by atoms with Gasteiger partial charge in [-0.25, -0.2) is 8.42 Å². The van der Waals surface area contributed by atoms with Crippen molar-refractivity contribution >= 4 is 33.3 Å². The molecule has 0 unspecified atom stereocenters. The van der Waals surface area contributed by atoms with Gasteiger partial charge in [-0.05, 0) is 49.1 Å². The minimum atomic E-state index is -3.78. The Balaban J connectivity index is 1.58. The maximum absolute atomic E-state index is 13.7. The van der Waals surface area contributed by atoms with Crippen LogP contribution in [0.5, 0.6) is 0 Å². The van der Waals surface area contributed by atoms with E-state index in [1.807, 2.05) is 73.7 Å². The van der Waals surface area contributed by atoms with Gasteiger partial charge in [-0.15, -0.1) is 11.3 Å². The Bertz CT molecular complexity index is 1250. The van der Waals surface area contributed by atoms with Crippen molar-refractivity contribution in [1.29, 1.82) is 0 Å². The molecule has 1 aliphatic carbocycles. The van der Waals surface area contributed by atoms with E-state index in [1.54, 1.807) is 22.3 Å². The third-order valence-corrected chi connectivity index (χ3v) is 9.09. The van der Waals surface area contributed by atoms with Gasteiger partial charge in [-0.1, -0.05) is 79.9 Å². The van der Waals surface area contributed by atoms with Gasteiger partial charge in [0.2, 0.25) is 15.9 Å². The lowest BCUT2D eigenvalue weighted by atomic mass is 9.95. The smallest absolute Gasteiger partial charge is 0.238 e. The maximum atomic E-state index is 13.7. The summed E-state index contributed by atoms with van der Waals surface area (Å²) in [5.41, 5.74) is 1.84. The van der Waals surface area contributed by atoms with Crippen molar-refractivity contribution in [2.24, 2.45) is 0 Å². The van der Waals surface area contributed by atoms with Gasteiger partial charge in [-0.3, -0.25) is 4.79 Å². The number of hydrogen-bond acceptors (Lipinski definition) is 4. The molecule has 0 bridgehead atoms. The molecule has 1 fully saturated rings. The fraction of sp³-hybridized carbons (Fsp3) is 0.345. The SMILES string of the molecule is Cc1ccc(CN(Cc2ccccc2)C(=O)CN(C2CCCCC2)S(=O)(=O)/C=C/c2ccccc2)s1. The van der Waals surface area contributed by atoms with E-state index in [0.29, 0.717) is 13.1 Å². The van der Waals surface area contributed by atoms with Crippen LogP contribution in [0.15, 0.2) is 78.2 Å². The van der Waals surface area contributed by atoms with Crippen LogP contribution >= 0.6 is 11.3 Å². The summed E-state index contributed by atoms with van der Waals surface area (Å²) >= 11 is 1.67. The number of carbonyl (C=O) groups excluding carboxylic acids is 1. The molecule has 0 saturated heterocycles. The topological polar surface area (TPSA) is 57.7 Å². The van der Waals surface area contributed by atoms with Gasteiger partial charge < -0.3 is 4.90 Å². The van der Waals surface area contributed by atoms with Gasteiger partial charge in [0.15, 0.2) is 0 Å². The molecule has 0 atom stereocenters. The van der Waals surface area contributed by atoms with Gasteiger partial charge in [0.05, 0.1) is 13.1 Å². The monoisotopic (exact) mass is 522 g/mol. The summed E-state index contributed by atoms with van der Waals surface area (Å²) in [6, 6.07) is 23.2. The molecule has 0 spiro atoms. The van der Waals surface area contributed by atoms with Crippen LogP contribution in [0.25, 0.3) is 6.08 Å². The van der Waals surface area contributed by atoms with Crippen LogP contribution in [-0.2, 0) is 27.9 Å². The van der Waals surface area contributed by atoms with Gasteiger partial charge in [0.25, 0.3) is 0 Å². The summed E-state index contributed by atoms with van der Waals surface area (Å²) in [6.45, 7) is 2.80. The molecule has 3 aromatic rings. The first-order chi connectivity index (χ1) is 17.4. The number of aryl methyl sites for hydroxylation is 1. The Labute approximate surface area is 219 Å². The molecule has 0 radical (unpaired) electrons. The van der Waals surface area contributed by atoms with Crippen molar-refractivity contribution in [3.05, 3.63) is 99.1 Å². The molecule has 1 heterocycles. The predicted molar refractivity (Wildman–Crippen MR) is 148 cm³/mol. The highest BCUT2D eigenvalue weighted by molar-refractivity contribution is 7.92. The minimum absolute atomic E-state index is 0.149. The molecule has 0 N–H and O–H groups in total. The van der Waals surface area contributed by atoms with Gasteiger partial charge in [0, 0.05) is 27.7 Å². The lowest BCUT2D eigenvalue weighted by molar-refractivity contribution is -0.133. The fourth-order valence-electron chi connectivity index (χ4n) is 4.63. The van der Waals surface area contributed by atoms with E-state index >= 15 is 0 Å². The predicted octanol–water partition coefficient (Wildman–Crippen LogP) is 6.22. The number of thiophene rings is 1. The Morgan fingerprint density at radius 3 is 2.22 bits per heavy atom. The quantitative estimate of drug-likeness (QED) is 0.318. The summed E-state index contributed by atoms with van der Waals surface area (Å²) in [5.74, 6) is -0.174. The van der Waals surface area contributed by atoms with Crippen LogP contribution in [0.2, 0.25) is 0 Å². The second kappa shape index (κ2) is 12.5. The van der Waals surface area contributed by atoms with Crippen LogP contribution < -0.4 is 0 Å². The molecule has 7 heteroatoms. The van der Waals surface area contributed by atoms with E-state index in [4.69, 9.17) is 0 Å². The van der Waals surface area contributed by atoms with Crippen molar-refractivity contribution < 1.29 is 13.2 Å². The Kier molecular flexibility index (Phi) is 9.13. The number of sulfonamides is 1. The molecule has 5 nitrogen and oxygen atoms in total. The van der Waals surface area contributed by atoms with Gasteiger partial charge >= 0.3 is 0 Å². The van der Waals surface area contributed by atoms with E-state index < -0.39 is 10.0 Å². The summed E-state index contributed by atoms with van der Waals surface area (Å²) in [7, 11) is -3.78. The number of amides is 1. The largest absolute Gasteiger partial charge is 0.332 e. The van der Waals surface area contributed by atoms with Crippen molar-refractivity contribution in [3.63, 3.8) is 0 Å². The van der Waals surface area contributed by atoms with Crippen LogP contribution in [-0.4, -0.2) is 36.1 Å². The average molecular weight is 523 g/mol. The van der Waals surface area contributed by atoms with Crippen LogP contribution in [0.3, 0.4) is 0 Å². The molecule has 36 heavy (non-hydrogen) atoms. The summed E-state index contributed by atoms with van der Waals surface area (Å²) < 4.78 is 28.6. The van der Waals surface area contributed by atoms with E-state index in [9.17, 15) is 13.2 Å². The fourth-order valence-corrected chi connectivity index (χ4v) is 6.94. The molecule has 190 valence electrons. The van der Waals surface area contributed by atoms with E-state index in [-0.39, 0.29) is 18.5 Å². The minimum Gasteiger partial charge on any atom is -0.332 e. The molecule has 1 saturated carbocycles. The molecule has 4 rings (SSSR count). The van der Waals surface area contributed by atoms with Gasteiger partial charge in [-0.2, -0.15) is 4.31 Å². The first kappa shape index (κ1) is 26.3. The lowest BCUT2D eigenvalue weighted by Crippen LogP contribution is -2.47. The van der Waals surface area contributed by atoms with Crippen molar-refractivity contribution in [2.75, 3.05) is 6.54 Å². The Hall–Kier alpha value is -2.74. The number of hydrogen-bond donors (Lipinski definition) is 0. The first-order valence-electron chi connectivity index (χ1n) is 12.5. The molecule has 1 amide bonds. The van der Waals surface area contributed by atoms with Crippen molar-refractivity contribution in [1.82, 2.24) is 9.21 Å². The van der Waals surface area contributed by atoms with Gasteiger partial charge in [0.1, 0.15) is 0 Å². The highest BCUT2D eigenvalue weighted by Gasteiger charge is 2.32. The zero-order valence-corrected chi connectivity index (χ0v) is 22.4. The van der Waals surface area contributed by atoms with Crippen LogP contribution in [0.4, 0.5) is 0 Å². The van der Waals surface area contributed by atoms with Crippen LogP contribution in [0.1, 0.15) is 53.0 Å². The molecule has 1 aromatic heterocycles. The molecular weight excluding hydrogens is 488 g/mol. The third kappa shape index (κ3) is 7.38. The van der Waals surface area contributed by atoms with Crippen molar-refractivity contribution in [3.8, 4) is 0 Å². The normalized spacial score (nSPS) is 14.9. The van der Waals surface area contributed by atoms with E-state index in [2.05, 4.69) is 6.07 Å². The highest BCUT2D eigenvalue weighted by Crippen LogP contribution is 2.26. The summed E-state index contributed by atoms with van der Waals surface area (Å²) in [6.07, 6.45) is 6.26. The molecular formula is C29H34N2O3S2. The first-order valence-corrected chi connectivity index (χ1v) is 14.8. The second-order valence-corrected chi connectivity index (χ2v) is 12.5. The Morgan fingerprint density at radius 2 is 1.58 bits per heavy atom. The Morgan fingerprint density at radius 1 is 0.917 bits per heavy atom. The third-order valence-electron chi connectivity index (χ3n) is 6.54. The average Bonchev–Trinajstić information content (AvgIpc) is 3.31. The molecule has 2 aromatic carbocycles. The zero-order valence-electron chi connectivity index (χ0n) is 20.8. The van der Waals surface area contributed by atoms with E-state index in [1.165, 1.54) is 14.6 Å². The summed E-state index contributed by atoms with van der Waals surface area (Å²) in [5, 5.41) is 1.26. The molecule has 0 aliphatic heterocycles. The number of nitrogens with zero attached hydrogens (tertiary/aromatic N) is 2. The maximum Gasteiger partial charge on any atom is 0.238 e. The standard InChI is InChI=1S/C29H34N2O3S2/c1-24-17-18-28(35-24)22-30(21-26-13-7-3-8-14-26)29(32)23-31(27-15-9-4-10-16-27)36(33,34)20-19-25-11-5-2-6-12-25/h2-3,5-8,11-14,17-20,27H,4,9-10,15-16,21-23H2,1H3/b20-19+. The number of carbonyl (C=O) groups is 1. The van der Waals surface area contributed by atoms with Crippen molar-refractivity contribution in [2.45, 2.75) is 58.2 Å².